The lowest BCUT2D eigenvalue weighted by Crippen LogP contribution is -2.13. The van der Waals surface area contributed by atoms with Crippen molar-refractivity contribution in [3.63, 3.8) is 0 Å². The van der Waals surface area contributed by atoms with Crippen molar-refractivity contribution in [1.29, 1.82) is 0 Å². The molecular formula is C16H17N3O3. The Hall–Kier alpha value is -2.60. The fourth-order valence-corrected chi connectivity index (χ4v) is 2.87. The molecule has 6 nitrogen and oxygen atoms in total. The molecule has 3 aromatic rings. The predicted molar refractivity (Wildman–Crippen MR) is 85.4 cm³/mol. The third-order valence-electron chi connectivity index (χ3n) is 3.88. The molecule has 0 saturated heterocycles. The van der Waals surface area contributed by atoms with Gasteiger partial charge in [0.2, 0.25) is 0 Å². The van der Waals surface area contributed by atoms with Crippen LogP contribution in [0.15, 0.2) is 29.1 Å². The molecule has 0 bridgehead atoms. The van der Waals surface area contributed by atoms with Crippen LogP contribution in [0.1, 0.15) is 22.5 Å². The molecule has 1 heterocycles. The number of carboxylic acid groups (broad SMARTS) is 1. The monoisotopic (exact) mass is 299 g/mol. The van der Waals surface area contributed by atoms with Crippen LogP contribution in [0.3, 0.4) is 0 Å². The number of aromatic amines is 1. The SMILES string of the molecule is Cc1cc2c(C(=O)O)n(CCCN)[nH]c2c2ccc(=O)cc12. The molecule has 0 aliphatic carbocycles. The Morgan fingerprint density at radius 3 is 2.73 bits per heavy atom. The normalized spacial score (nSPS) is 11.4. The fraction of sp³-hybridized carbons (Fsp3) is 0.250. The number of rotatable bonds is 4. The lowest BCUT2D eigenvalue weighted by Gasteiger charge is -2.04. The molecule has 3 rings (SSSR count). The summed E-state index contributed by atoms with van der Waals surface area (Å²) in [6.45, 7) is 2.87. The van der Waals surface area contributed by atoms with Crippen molar-refractivity contribution >= 4 is 27.6 Å². The lowest BCUT2D eigenvalue weighted by atomic mass is 10.0. The van der Waals surface area contributed by atoms with Gasteiger partial charge in [-0.15, -0.1) is 0 Å². The zero-order valence-corrected chi connectivity index (χ0v) is 12.2. The smallest absolute Gasteiger partial charge is 0.354 e. The maximum absolute atomic E-state index is 11.6. The number of nitrogens with two attached hydrogens (primary N) is 1. The van der Waals surface area contributed by atoms with Gasteiger partial charge in [0.05, 0.1) is 5.52 Å². The Labute approximate surface area is 126 Å². The minimum atomic E-state index is -0.984. The van der Waals surface area contributed by atoms with E-state index in [1.807, 2.05) is 13.0 Å². The minimum Gasteiger partial charge on any atom is -0.477 e. The highest BCUT2D eigenvalue weighted by Gasteiger charge is 2.18. The summed E-state index contributed by atoms with van der Waals surface area (Å²) in [5, 5.41) is 15.0. The molecule has 4 N–H and O–H groups in total. The van der Waals surface area contributed by atoms with E-state index in [9.17, 15) is 14.7 Å². The first-order chi connectivity index (χ1) is 10.5. The molecule has 0 unspecified atom stereocenters. The number of carboxylic acids is 1. The van der Waals surface area contributed by atoms with Crippen molar-refractivity contribution < 1.29 is 9.90 Å². The van der Waals surface area contributed by atoms with Gasteiger partial charge >= 0.3 is 5.97 Å². The van der Waals surface area contributed by atoms with Crippen molar-refractivity contribution in [3.8, 4) is 0 Å². The van der Waals surface area contributed by atoms with Crippen LogP contribution in [0.25, 0.3) is 21.7 Å². The van der Waals surface area contributed by atoms with E-state index in [0.29, 0.717) is 24.9 Å². The number of nitrogens with zero attached hydrogens (tertiary/aromatic N) is 1. The first-order valence-corrected chi connectivity index (χ1v) is 7.12. The first kappa shape index (κ1) is 14.3. The summed E-state index contributed by atoms with van der Waals surface area (Å²) in [5.74, 6) is -0.984. The van der Waals surface area contributed by atoms with E-state index in [1.165, 1.54) is 6.07 Å². The van der Waals surface area contributed by atoms with Crippen molar-refractivity contribution in [2.45, 2.75) is 19.9 Å². The molecule has 114 valence electrons. The van der Waals surface area contributed by atoms with Crippen molar-refractivity contribution in [1.82, 2.24) is 9.78 Å². The predicted octanol–water partition coefficient (Wildman–Crippen LogP) is 1.84. The molecule has 1 aromatic heterocycles. The van der Waals surface area contributed by atoms with Gasteiger partial charge in [0, 0.05) is 17.3 Å². The lowest BCUT2D eigenvalue weighted by molar-refractivity contribution is 0.0685. The summed E-state index contributed by atoms with van der Waals surface area (Å²) in [7, 11) is 0. The molecule has 0 radical (unpaired) electrons. The van der Waals surface area contributed by atoms with Crippen LogP contribution in [0.2, 0.25) is 0 Å². The highest BCUT2D eigenvalue weighted by molar-refractivity contribution is 6.12. The number of fused-ring (bicyclic) bond motifs is 3. The van der Waals surface area contributed by atoms with Crippen LogP contribution in [0.4, 0.5) is 0 Å². The molecule has 0 aliphatic heterocycles. The van der Waals surface area contributed by atoms with E-state index < -0.39 is 5.97 Å². The van der Waals surface area contributed by atoms with E-state index in [1.54, 1.807) is 16.8 Å². The highest BCUT2D eigenvalue weighted by atomic mass is 16.4. The number of carbonyl (C=O) groups is 1. The number of aromatic nitrogens is 2. The summed E-state index contributed by atoms with van der Waals surface area (Å²) in [4.78, 5) is 23.2. The van der Waals surface area contributed by atoms with E-state index in [4.69, 9.17) is 5.73 Å². The summed E-state index contributed by atoms with van der Waals surface area (Å²) in [6, 6.07) is 6.63. The molecule has 2 aromatic carbocycles. The van der Waals surface area contributed by atoms with E-state index >= 15 is 0 Å². The van der Waals surface area contributed by atoms with Gasteiger partial charge in [0.25, 0.3) is 0 Å². The van der Waals surface area contributed by atoms with Crippen LogP contribution in [0, 0.1) is 6.92 Å². The average molecular weight is 299 g/mol. The molecule has 0 amide bonds. The van der Waals surface area contributed by atoms with Gasteiger partial charge < -0.3 is 10.8 Å². The molecular weight excluding hydrogens is 282 g/mol. The number of hydrogen-bond acceptors (Lipinski definition) is 3. The molecule has 6 heteroatoms. The number of aromatic carboxylic acids is 1. The number of H-pyrrole nitrogens is 1. The van der Waals surface area contributed by atoms with Gasteiger partial charge in [0.15, 0.2) is 11.1 Å². The van der Waals surface area contributed by atoms with E-state index in [-0.39, 0.29) is 11.1 Å². The summed E-state index contributed by atoms with van der Waals surface area (Å²) < 4.78 is 1.61. The van der Waals surface area contributed by atoms with Gasteiger partial charge in [-0.1, -0.05) is 0 Å². The Balaban J connectivity index is 2.40. The summed E-state index contributed by atoms with van der Waals surface area (Å²) in [5.41, 5.74) is 7.29. The third kappa shape index (κ3) is 2.17. The fourth-order valence-electron chi connectivity index (χ4n) is 2.87. The highest BCUT2D eigenvalue weighted by Crippen LogP contribution is 2.29. The van der Waals surface area contributed by atoms with Crippen LogP contribution in [-0.2, 0) is 6.54 Å². The molecule has 0 aliphatic rings. The van der Waals surface area contributed by atoms with E-state index in [0.717, 1.165) is 21.9 Å². The summed E-state index contributed by atoms with van der Waals surface area (Å²) >= 11 is 0. The second-order valence-electron chi connectivity index (χ2n) is 5.38. The molecule has 0 fully saturated rings. The number of nitrogens with one attached hydrogen (secondary N) is 1. The largest absolute Gasteiger partial charge is 0.477 e. The second kappa shape index (κ2) is 5.31. The molecule has 22 heavy (non-hydrogen) atoms. The van der Waals surface area contributed by atoms with E-state index in [2.05, 4.69) is 5.10 Å². The Kier molecular flexibility index (Phi) is 3.46. The van der Waals surface area contributed by atoms with Gasteiger partial charge in [-0.05, 0) is 55.1 Å². The second-order valence-corrected chi connectivity index (χ2v) is 5.38. The van der Waals surface area contributed by atoms with Gasteiger partial charge in [-0.2, -0.15) is 0 Å². The Bertz CT molecular complexity index is 937. The first-order valence-electron chi connectivity index (χ1n) is 7.12. The molecule has 0 saturated carbocycles. The number of aryl methyl sites for hydroxylation is 2. The van der Waals surface area contributed by atoms with Crippen LogP contribution < -0.4 is 11.2 Å². The summed E-state index contributed by atoms with van der Waals surface area (Å²) in [6.07, 6.45) is 0.680. The van der Waals surface area contributed by atoms with Crippen LogP contribution in [-0.4, -0.2) is 27.4 Å². The van der Waals surface area contributed by atoms with Gasteiger partial charge in [-0.3, -0.25) is 14.6 Å². The van der Waals surface area contributed by atoms with Crippen molar-refractivity contribution in [2.75, 3.05) is 6.54 Å². The van der Waals surface area contributed by atoms with Crippen molar-refractivity contribution in [2.24, 2.45) is 5.73 Å². The van der Waals surface area contributed by atoms with Crippen LogP contribution in [0.5, 0.6) is 0 Å². The number of benzene rings is 2. The average Bonchev–Trinajstić information content (AvgIpc) is 2.83. The Morgan fingerprint density at radius 2 is 2.05 bits per heavy atom. The Morgan fingerprint density at radius 1 is 1.27 bits per heavy atom. The van der Waals surface area contributed by atoms with Crippen LogP contribution >= 0.6 is 0 Å². The molecule has 0 atom stereocenters. The quantitative estimate of drug-likeness (QED) is 0.684. The zero-order chi connectivity index (χ0) is 15.9. The maximum Gasteiger partial charge on any atom is 0.354 e. The maximum atomic E-state index is 11.6. The topological polar surface area (TPSA) is 101 Å². The van der Waals surface area contributed by atoms with Gasteiger partial charge in [-0.25, -0.2) is 4.79 Å². The van der Waals surface area contributed by atoms with Crippen molar-refractivity contribution in [3.05, 3.63) is 45.7 Å². The zero-order valence-electron chi connectivity index (χ0n) is 12.2. The minimum absolute atomic E-state index is 0.0593. The standard InChI is InChI=1S/C16H17N3O3/c1-9-7-13-14(11-4-3-10(20)8-12(9)11)18-19(6-2-5-17)15(13)16(21)22/h3-4,7-8,18H,2,5-6,17H2,1H3,(H,21,22). The van der Waals surface area contributed by atoms with Gasteiger partial charge in [0.1, 0.15) is 0 Å². The third-order valence-corrected chi connectivity index (χ3v) is 3.88. The number of hydrogen-bond donors (Lipinski definition) is 3. The molecule has 0 spiro atoms.